The third-order valence-electron chi connectivity index (χ3n) is 3.81. The number of anilines is 1. The van der Waals surface area contributed by atoms with Gasteiger partial charge in [0.15, 0.2) is 6.61 Å². The molecule has 2 aromatic carbocycles. The standard InChI is InChI=1S/C18H16ClFN2O3/c19-12-1-5-15(6-2-12)22-10-14(9-18(22)24)21-17(23)11-25-16-7-3-13(20)4-8-16/h1-8,14H,9-11H2,(H,21,23)/t14-/m1/s1. The summed E-state index contributed by atoms with van der Waals surface area (Å²) in [5.74, 6) is -0.363. The zero-order valence-corrected chi connectivity index (χ0v) is 14.0. The summed E-state index contributed by atoms with van der Waals surface area (Å²) in [6.07, 6.45) is 0.227. The van der Waals surface area contributed by atoms with E-state index in [4.69, 9.17) is 16.3 Å². The van der Waals surface area contributed by atoms with E-state index in [0.717, 1.165) is 5.69 Å². The van der Waals surface area contributed by atoms with Gasteiger partial charge in [-0.1, -0.05) is 11.6 Å². The van der Waals surface area contributed by atoms with Gasteiger partial charge in [0.1, 0.15) is 11.6 Å². The summed E-state index contributed by atoms with van der Waals surface area (Å²) in [5.41, 5.74) is 0.744. The quantitative estimate of drug-likeness (QED) is 0.889. The zero-order chi connectivity index (χ0) is 17.8. The summed E-state index contributed by atoms with van der Waals surface area (Å²) in [5, 5.41) is 3.37. The molecule has 0 saturated carbocycles. The van der Waals surface area contributed by atoms with E-state index in [1.54, 1.807) is 29.2 Å². The fourth-order valence-corrected chi connectivity index (χ4v) is 2.75. The monoisotopic (exact) mass is 362 g/mol. The first-order chi connectivity index (χ1) is 12.0. The van der Waals surface area contributed by atoms with Crippen molar-refractivity contribution in [3.63, 3.8) is 0 Å². The minimum atomic E-state index is -0.372. The van der Waals surface area contributed by atoms with Crippen molar-refractivity contribution in [1.82, 2.24) is 5.32 Å². The van der Waals surface area contributed by atoms with Crippen LogP contribution in [-0.4, -0.2) is 31.0 Å². The van der Waals surface area contributed by atoms with Gasteiger partial charge in [-0.2, -0.15) is 0 Å². The summed E-state index contributed by atoms with van der Waals surface area (Å²) in [6, 6.07) is 12.1. The van der Waals surface area contributed by atoms with Crippen LogP contribution in [0.2, 0.25) is 5.02 Å². The van der Waals surface area contributed by atoms with Crippen molar-refractivity contribution in [2.24, 2.45) is 0 Å². The van der Waals surface area contributed by atoms with Crippen LogP contribution in [0.3, 0.4) is 0 Å². The fraction of sp³-hybridized carbons (Fsp3) is 0.222. The average molecular weight is 363 g/mol. The molecule has 130 valence electrons. The Morgan fingerprint density at radius 1 is 1.20 bits per heavy atom. The van der Waals surface area contributed by atoms with Crippen molar-refractivity contribution in [3.8, 4) is 5.75 Å². The SMILES string of the molecule is O=C(COc1ccc(F)cc1)N[C@@H]1CC(=O)N(c2ccc(Cl)cc2)C1. The summed E-state index contributed by atoms with van der Waals surface area (Å²) in [7, 11) is 0. The second kappa shape index (κ2) is 7.53. The van der Waals surface area contributed by atoms with Gasteiger partial charge in [0.25, 0.3) is 5.91 Å². The van der Waals surface area contributed by atoms with E-state index in [9.17, 15) is 14.0 Å². The molecule has 0 aliphatic carbocycles. The predicted molar refractivity (Wildman–Crippen MR) is 92.2 cm³/mol. The maximum atomic E-state index is 12.8. The van der Waals surface area contributed by atoms with Crippen LogP contribution in [0.15, 0.2) is 48.5 Å². The lowest BCUT2D eigenvalue weighted by molar-refractivity contribution is -0.123. The topological polar surface area (TPSA) is 58.6 Å². The van der Waals surface area contributed by atoms with E-state index in [2.05, 4.69) is 5.32 Å². The molecule has 0 spiro atoms. The smallest absolute Gasteiger partial charge is 0.258 e. The van der Waals surface area contributed by atoms with E-state index in [0.29, 0.717) is 17.3 Å². The summed E-state index contributed by atoms with van der Waals surface area (Å²) >= 11 is 5.85. The number of nitrogens with zero attached hydrogens (tertiary/aromatic N) is 1. The third kappa shape index (κ3) is 4.48. The molecule has 7 heteroatoms. The lowest BCUT2D eigenvalue weighted by Gasteiger charge is -2.17. The van der Waals surface area contributed by atoms with Gasteiger partial charge in [-0.05, 0) is 48.5 Å². The number of hydrogen-bond donors (Lipinski definition) is 1. The molecule has 0 radical (unpaired) electrons. The highest BCUT2D eigenvalue weighted by atomic mass is 35.5. The van der Waals surface area contributed by atoms with E-state index < -0.39 is 0 Å². The van der Waals surface area contributed by atoms with Gasteiger partial charge in [0, 0.05) is 23.7 Å². The molecule has 2 amide bonds. The van der Waals surface area contributed by atoms with Gasteiger partial charge in [-0.3, -0.25) is 9.59 Å². The molecule has 5 nitrogen and oxygen atoms in total. The Kier molecular flexibility index (Phi) is 5.19. The van der Waals surface area contributed by atoms with E-state index in [-0.39, 0.29) is 36.7 Å². The minimum Gasteiger partial charge on any atom is -0.484 e. The number of amides is 2. The van der Waals surface area contributed by atoms with Gasteiger partial charge in [0.2, 0.25) is 5.91 Å². The third-order valence-corrected chi connectivity index (χ3v) is 4.06. The number of halogens is 2. The molecule has 2 aromatic rings. The van der Waals surface area contributed by atoms with Gasteiger partial charge in [-0.15, -0.1) is 0 Å². The number of benzene rings is 2. The second-order valence-corrected chi connectivity index (χ2v) is 6.13. The van der Waals surface area contributed by atoms with Gasteiger partial charge in [-0.25, -0.2) is 4.39 Å². The number of carbonyl (C=O) groups is 2. The van der Waals surface area contributed by atoms with E-state index in [1.807, 2.05) is 0 Å². The molecular formula is C18H16ClFN2O3. The molecule has 25 heavy (non-hydrogen) atoms. The highest BCUT2D eigenvalue weighted by Crippen LogP contribution is 2.23. The fourth-order valence-electron chi connectivity index (χ4n) is 2.62. The van der Waals surface area contributed by atoms with Crippen LogP contribution in [0, 0.1) is 5.82 Å². The largest absolute Gasteiger partial charge is 0.484 e. The molecule has 0 bridgehead atoms. The zero-order valence-electron chi connectivity index (χ0n) is 13.2. The molecule has 1 fully saturated rings. The molecule has 1 saturated heterocycles. The normalized spacial score (nSPS) is 16.8. The van der Waals surface area contributed by atoms with E-state index >= 15 is 0 Å². The lowest BCUT2D eigenvalue weighted by atomic mass is 10.2. The van der Waals surface area contributed by atoms with Crippen LogP contribution in [0.4, 0.5) is 10.1 Å². The Hall–Kier alpha value is -2.60. The van der Waals surface area contributed by atoms with Crippen LogP contribution < -0.4 is 15.0 Å². The molecule has 1 aliphatic heterocycles. The Morgan fingerprint density at radius 2 is 1.88 bits per heavy atom. The first kappa shape index (κ1) is 17.2. The summed E-state index contributed by atoms with van der Waals surface area (Å²) in [6.45, 7) is 0.194. The van der Waals surface area contributed by atoms with Crippen LogP contribution in [0.25, 0.3) is 0 Å². The summed E-state index contributed by atoms with van der Waals surface area (Å²) < 4.78 is 18.1. The lowest BCUT2D eigenvalue weighted by Crippen LogP contribution is -2.39. The molecule has 1 aliphatic rings. The Balaban J connectivity index is 1.51. The molecule has 1 atom stereocenters. The second-order valence-electron chi connectivity index (χ2n) is 5.69. The first-order valence-corrected chi connectivity index (χ1v) is 8.13. The number of ether oxygens (including phenoxy) is 1. The van der Waals surface area contributed by atoms with Crippen LogP contribution >= 0.6 is 11.6 Å². The Morgan fingerprint density at radius 3 is 2.56 bits per heavy atom. The highest BCUT2D eigenvalue weighted by Gasteiger charge is 2.31. The molecule has 0 aromatic heterocycles. The van der Waals surface area contributed by atoms with Crippen molar-refractivity contribution >= 4 is 29.1 Å². The molecule has 1 N–H and O–H groups in total. The van der Waals surface area contributed by atoms with Gasteiger partial charge in [0.05, 0.1) is 6.04 Å². The van der Waals surface area contributed by atoms with E-state index in [1.165, 1.54) is 24.3 Å². The van der Waals surface area contributed by atoms with Crippen LogP contribution in [0.5, 0.6) is 5.75 Å². The maximum absolute atomic E-state index is 12.8. The van der Waals surface area contributed by atoms with Crippen LogP contribution in [0.1, 0.15) is 6.42 Å². The molecule has 3 rings (SSSR count). The Bertz CT molecular complexity index is 765. The van der Waals surface area contributed by atoms with Crippen molar-refractivity contribution < 1.29 is 18.7 Å². The molecule has 0 unspecified atom stereocenters. The number of nitrogens with one attached hydrogen (secondary N) is 1. The van der Waals surface area contributed by atoms with Crippen LogP contribution in [-0.2, 0) is 9.59 Å². The minimum absolute atomic E-state index is 0.0629. The summed E-state index contributed by atoms with van der Waals surface area (Å²) in [4.78, 5) is 25.7. The van der Waals surface area contributed by atoms with Crippen molar-refractivity contribution in [2.45, 2.75) is 12.5 Å². The first-order valence-electron chi connectivity index (χ1n) is 7.75. The molecular weight excluding hydrogens is 347 g/mol. The van der Waals surface area contributed by atoms with Crippen molar-refractivity contribution in [1.29, 1.82) is 0 Å². The predicted octanol–water partition coefficient (Wildman–Crippen LogP) is 2.78. The average Bonchev–Trinajstić information content (AvgIpc) is 2.95. The van der Waals surface area contributed by atoms with Gasteiger partial charge < -0.3 is 15.0 Å². The Labute approximate surface area is 149 Å². The number of hydrogen-bond acceptors (Lipinski definition) is 3. The number of carbonyl (C=O) groups excluding carboxylic acids is 2. The maximum Gasteiger partial charge on any atom is 0.258 e. The molecule has 1 heterocycles. The van der Waals surface area contributed by atoms with Crippen molar-refractivity contribution in [2.75, 3.05) is 18.1 Å². The number of rotatable bonds is 5. The highest BCUT2D eigenvalue weighted by molar-refractivity contribution is 6.30. The van der Waals surface area contributed by atoms with Crippen molar-refractivity contribution in [3.05, 3.63) is 59.4 Å². The van der Waals surface area contributed by atoms with Gasteiger partial charge >= 0.3 is 0 Å².